The first-order valence-corrected chi connectivity index (χ1v) is 16.8. The lowest BCUT2D eigenvalue weighted by molar-refractivity contribution is 0.667. The molecule has 3 aromatic heterocycles. The molecule has 10 rings (SSSR count). The number of aromatic nitrogens is 3. The van der Waals surface area contributed by atoms with Gasteiger partial charge in [-0.05, 0) is 52.6 Å². The van der Waals surface area contributed by atoms with Crippen molar-refractivity contribution < 1.29 is 4.42 Å². The molecule has 234 valence electrons. The molecule has 0 saturated heterocycles. The van der Waals surface area contributed by atoms with Crippen LogP contribution in [0.25, 0.3) is 94.5 Å². The molecule has 0 amide bonds. The lowest BCUT2D eigenvalue weighted by Gasteiger charge is -2.13. The SMILES string of the molecule is c1ccc(-c2ccccc2-c2nc(-c3ccccc3-c3ccccc3)c3oc4ccc5c(c6ccccc6n5-c5ccccc5)c4c3n2)cc1. The summed E-state index contributed by atoms with van der Waals surface area (Å²) in [5.74, 6) is 0.654. The fraction of sp³-hybridized carbons (Fsp3) is 0. The minimum absolute atomic E-state index is 0.654. The Kier molecular flexibility index (Phi) is 6.46. The van der Waals surface area contributed by atoms with Gasteiger partial charge in [0, 0.05) is 27.6 Å². The van der Waals surface area contributed by atoms with Crippen molar-refractivity contribution in [1.29, 1.82) is 0 Å². The van der Waals surface area contributed by atoms with Crippen molar-refractivity contribution >= 4 is 43.9 Å². The van der Waals surface area contributed by atoms with E-state index in [2.05, 4.69) is 168 Å². The quantitative estimate of drug-likeness (QED) is 0.188. The number of hydrogen-bond acceptors (Lipinski definition) is 3. The van der Waals surface area contributed by atoms with E-state index in [1.807, 2.05) is 12.1 Å². The number of fused-ring (bicyclic) bond motifs is 7. The Hall–Kier alpha value is -6.78. The molecule has 4 heteroatoms. The van der Waals surface area contributed by atoms with E-state index < -0.39 is 0 Å². The summed E-state index contributed by atoms with van der Waals surface area (Å²) in [6, 6.07) is 61.2. The van der Waals surface area contributed by atoms with Crippen molar-refractivity contribution in [2.24, 2.45) is 0 Å². The van der Waals surface area contributed by atoms with E-state index in [1.54, 1.807) is 0 Å². The van der Waals surface area contributed by atoms with E-state index >= 15 is 0 Å². The number of rotatable bonds is 5. The average Bonchev–Trinajstić information content (AvgIpc) is 3.74. The van der Waals surface area contributed by atoms with Gasteiger partial charge in [0.25, 0.3) is 0 Å². The van der Waals surface area contributed by atoms with E-state index in [0.29, 0.717) is 11.4 Å². The monoisotopic (exact) mass is 639 g/mol. The van der Waals surface area contributed by atoms with Crippen LogP contribution < -0.4 is 0 Å². The summed E-state index contributed by atoms with van der Waals surface area (Å²) in [5.41, 5.74) is 12.7. The average molecular weight is 640 g/mol. The lowest BCUT2D eigenvalue weighted by Crippen LogP contribution is -1.97. The Morgan fingerprint density at radius 3 is 1.68 bits per heavy atom. The van der Waals surface area contributed by atoms with Gasteiger partial charge in [0.15, 0.2) is 11.4 Å². The molecule has 0 radical (unpaired) electrons. The highest BCUT2D eigenvalue weighted by atomic mass is 16.3. The van der Waals surface area contributed by atoms with Crippen LogP contribution >= 0.6 is 0 Å². The molecular weight excluding hydrogens is 611 g/mol. The molecule has 7 aromatic carbocycles. The van der Waals surface area contributed by atoms with E-state index in [0.717, 1.165) is 83.1 Å². The molecule has 3 heterocycles. The first-order chi connectivity index (χ1) is 24.8. The third-order valence-corrected chi connectivity index (χ3v) is 9.65. The third kappa shape index (κ3) is 4.39. The van der Waals surface area contributed by atoms with Crippen LogP contribution in [0.1, 0.15) is 0 Å². The van der Waals surface area contributed by atoms with E-state index in [-0.39, 0.29) is 0 Å². The standard InChI is InChI=1S/C46H29N3O/c1-4-16-30(17-5-1)33-22-10-12-24-35(33)43-45-44(48-46(47-43)36-25-13-11-23-34(36)31-18-6-2-7-19-31)42-40(50-45)29-28-39-41(42)37-26-14-15-27-38(37)49(39)32-20-8-3-9-21-32/h1-29H. The van der Waals surface area contributed by atoms with Crippen molar-refractivity contribution in [3.63, 3.8) is 0 Å². The summed E-state index contributed by atoms with van der Waals surface area (Å²) in [4.78, 5) is 10.8. The normalized spacial score (nSPS) is 11.6. The van der Waals surface area contributed by atoms with E-state index in [9.17, 15) is 0 Å². The van der Waals surface area contributed by atoms with Gasteiger partial charge in [0.05, 0.1) is 16.4 Å². The number of nitrogens with zero attached hydrogens (tertiary/aromatic N) is 3. The molecule has 0 N–H and O–H groups in total. The third-order valence-electron chi connectivity index (χ3n) is 9.65. The van der Waals surface area contributed by atoms with Crippen LogP contribution in [0.3, 0.4) is 0 Å². The molecule has 0 saturated carbocycles. The number of para-hydroxylation sites is 2. The predicted molar refractivity (Wildman–Crippen MR) is 205 cm³/mol. The fourth-order valence-electron chi connectivity index (χ4n) is 7.45. The van der Waals surface area contributed by atoms with Gasteiger partial charge in [-0.15, -0.1) is 0 Å². The second kappa shape index (κ2) is 11.4. The summed E-state index contributed by atoms with van der Waals surface area (Å²) in [7, 11) is 0. The van der Waals surface area contributed by atoms with E-state index in [1.165, 1.54) is 0 Å². The van der Waals surface area contributed by atoms with Gasteiger partial charge >= 0.3 is 0 Å². The van der Waals surface area contributed by atoms with Crippen LogP contribution in [-0.2, 0) is 0 Å². The van der Waals surface area contributed by atoms with Crippen LogP contribution in [-0.4, -0.2) is 14.5 Å². The largest absolute Gasteiger partial charge is 0.452 e. The Morgan fingerprint density at radius 1 is 0.420 bits per heavy atom. The fourth-order valence-corrected chi connectivity index (χ4v) is 7.45. The van der Waals surface area contributed by atoms with Gasteiger partial charge in [-0.1, -0.05) is 146 Å². The smallest absolute Gasteiger partial charge is 0.180 e. The maximum atomic E-state index is 6.87. The maximum Gasteiger partial charge on any atom is 0.180 e. The van der Waals surface area contributed by atoms with Crippen LogP contribution in [0.5, 0.6) is 0 Å². The molecule has 0 atom stereocenters. The molecule has 0 aliphatic rings. The highest BCUT2D eigenvalue weighted by Gasteiger charge is 2.25. The van der Waals surface area contributed by atoms with Crippen molar-refractivity contribution in [1.82, 2.24) is 14.5 Å². The summed E-state index contributed by atoms with van der Waals surface area (Å²) in [5, 5.41) is 3.25. The van der Waals surface area contributed by atoms with Crippen LogP contribution in [0.2, 0.25) is 0 Å². The van der Waals surface area contributed by atoms with E-state index in [4.69, 9.17) is 14.4 Å². The summed E-state index contributed by atoms with van der Waals surface area (Å²) >= 11 is 0. The van der Waals surface area contributed by atoms with Gasteiger partial charge in [-0.25, -0.2) is 9.97 Å². The highest BCUT2D eigenvalue weighted by Crippen LogP contribution is 2.45. The van der Waals surface area contributed by atoms with Crippen molar-refractivity contribution in [2.75, 3.05) is 0 Å². The first-order valence-electron chi connectivity index (χ1n) is 16.8. The number of hydrogen-bond donors (Lipinski definition) is 0. The van der Waals surface area contributed by atoms with Crippen LogP contribution in [0.4, 0.5) is 0 Å². The second-order valence-electron chi connectivity index (χ2n) is 12.5. The first kappa shape index (κ1) is 28.3. The minimum Gasteiger partial charge on any atom is -0.452 e. The van der Waals surface area contributed by atoms with Crippen molar-refractivity contribution in [2.45, 2.75) is 0 Å². The molecule has 0 spiro atoms. The molecule has 0 bridgehead atoms. The van der Waals surface area contributed by atoms with Crippen molar-refractivity contribution in [3.8, 4) is 50.6 Å². The minimum atomic E-state index is 0.654. The maximum absolute atomic E-state index is 6.87. The predicted octanol–water partition coefficient (Wildman–Crippen LogP) is 12.1. The zero-order valence-electron chi connectivity index (χ0n) is 27.0. The molecule has 10 aromatic rings. The zero-order chi connectivity index (χ0) is 33.0. The number of benzene rings is 7. The highest BCUT2D eigenvalue weighted by molar-refractivity contribution is 6.27. The Labute approximate surface area is 288 Å². The molecule has 0 unspecified atom stereocenters. The van der Waals surface area contributed by atoms with Gasteiger partial charge in [-0.3, -0.25) is 0 Å². The summed E-state index contributed by atoms with van der Waals surface area (Å²) in [6.07, 6.45) is 0. The second-order valence-corrected chi connectivity index (χ2v) is 12.5. The lowest BCUT2D eigenvalue weighted by atomic mass is 9.96. The molecular formula is C46H29N3O. The summed E-state index contributed by atoms with van der Waals surface area (Å²) in [6.45, 7) is 0. The topological polar surface area (TPSA) is 43.9 Å². The molecule has 4 nitrogen and oxygen atoms in total. The van der Waals surface area contributed by atoms with Crippen LogP contribution in [0, 0.1) is 0 Å². The molecule has 0 fully saturated rings. The number of furan rings is 1. The van der Waals surface area contributed by atoms with Crippen molar-refractivity contribution in [3.05, 3.63) is 176 Å². The van der Waals surface area contributed by atoms with Gasteiger partial charge in [0.1, 0.15) is 16.8 Å². The zero-order valence-corrected chi connectivity index (χ0v) is 27.0. The molecule has 50 heavy (non-hydrogen) atoms. The van der Waals surface area contributed by atoms with Crippen LogP contribution in [0.15, 0.2) is 180 Å². The van der Waals surface area contributed by atoms with Gasteiger partial charge in [-0.2, -0.15) is 0 Å². The Balaban J connectivity index is 1.36. The molecule has 0 aliphatic carbocycles. The Bertz CT molecular complexity index is 2850. The Morgan fingerprint density at radius 2 is 0.980 bits per heavy atom. The summed E-state index contributed by atoms with van der Waals surface area (Å²) < 4.78 is 9.21. The molecule has 0 aliphatic heterocycles. The van der Waals surface area contributed by atoms with Gasteiger partial charge in [0.2, 0.25) is 0 Å². The van der Waals surface area contributed by atoms with Gasteiger partial charge < -0.3 is 8.98 Å².